The summed E-state index contributed by atoms with van der Waals surface area (Å²) in [6.45, 7) is 3.70. The van der Waals surface area contributed by atoms with Gasteiger partial charge in [-0.2, -0.15) is 0 Å². The van der Waals surface area contributed by atoms with Crippen molar-refractivity contribution >= 4 is 12.0 Å². The maximum Gasteiger partial charge on any atom is 0.343 e. The summed E-state index contributed by atoms with van der Waals surface area (Å²) in [4.78, 5) is 12.1. The fourth-order valence-electron chi connectivity index (χ4n) is 2.21. The molecule has 2 aromatic rings. The van der Waals surface area contributed by atoms with Crippen LogP contribution in [0.4, 0.5) is 0 Å². The van der Waals surface area contributed by atoms with Gasteiger partial charge in [-0.3, -0.25) is 0 Å². The van der Waals surface area contributed by atoms with Crippen molar-refractivity contribution in [1.29, 1.82) is 0 Å². The third-order valence-corrected chi connectivity index (χ3v) is 3.59. The molecule has 0 aliphatic carbocycles. The van der Waals surface area contributed by atoms with Gasteiger partial charge in [0.05, 0.1) is 5.56 Å². The van der Waals surface area contributed by atoms with E-state index in [1.54, 1.807) is 36.4 Å². The summed E-state index contributed by atoms with van der Waals surface area (Å²) in [5.74, 6) is 0.925. The van der Waals surface area contributed by atoms with Crippen LogP contribution >= 0.6 is 0 Å². The lowest BCUT2D eigenvalue weighted by Gasteiger charge is -2.27. The molecule has 2 aromatic carbocycles. The van der Waals surface area contributed by atoms with Gasteiger partial charge in [0.1, 0.15) is 17.6 Å². The summed E-state index contributed by atoms with van der Waals surface area (Å²) in [7, 11) is 0. The van der Waals surface area contributed by atoms with Crippen molar-refractivity contribution in [1.82, 2.24) is 5.32 Å². The average Bonchev–Trinajstić information content (AvgIpc) is 2.53. The number of carbonyl (C=O) groups excluding carboxylic acids is 1. The summed E-state index contributed by atoms with van der Waals surface area (Å²) >= 11 is 0. The molecule has 1 heterocycles. The van der Waals surface area contributed by atoms with Gasteiger partial charge in [0.25, 0.3) is 0 Å². The highest BCUT2D eigenvalue weighted by Crippen LogP contribution is 2.18. The molecule has 0 atom stereocenters. The van der Waals surface area contributed by atoms with E-state index in [4.69, 9.17) is 9.47 Å². The summed E-state index contributed by atoms with van der Waals surface area (Å²) in [6.07, 6.45) is 4.18. The molecule has 0 saturated carbocycles. The SMILES string of the molecule is C/C=C/c1ccc(OC(=O)c2ccc(OC3CNC3)cc2)cc1. The number of rotatable bonds is 5. The zero-order valence-electron chi connectivity index (χ0n) is 13.0. The Labute approximate surface area is 135 Å². The summed E-state index contributed by atoms with van der Waals surface area (Å²) < 4.78 is 11.1. The Morgan fingerprint density at radius 1 is 1.04 bits per heavy atom. The second-order valence-corrected chi connectivity index (χ2v) is 5.38. The molecule has 0 spiro atoms. The van der Waals surface area contributed by atoms with Gasteiger partial charge in [-0.1, -0.05) is 24.3 Å². The monoisotopic (exact) mass is 309 g/mol. The first-order valence-electron chi connectivity index (χ1n) is 7.67. The van der Waals surface area contributed by atoms with Crippen molar-refractivity contribution in [2.24, 2.45) is 0 Å². The van der Waals surface area contributed by atoms with E-state index < -0.39 is 0 Å². The normalized spacial score (nSPS) is 14.5. The van der Waals surface area contributed by atoms with Gasteiger partial charge < -0.3 is 14.8 Å². The van der Waals surface area contributed by atoms with Gasteiger partial charge in [-0.05, 0) is 48.9 Å². The molecular weight excluding hydrogens is 290 g/mol. The van der Waals surface area contributed by atoms with Crippen molar-refractivity contribution in [3.63, 3.8) is 0 Å². The highest BCUT2D eigenvalue weighted by molar-refractivity contribution is 5.91. The molecule has 0 aromatic heterocycles. The Kier molecular flexibility index (Phi) is 4.74. The maximum atomic E-state index is 12.1. The van der Waals surface area contributed by atoms with Crippen LogP contribution < -0.4 is 14.8 Å². The van der Waals surface area contributed by atoms with Crippen LogP contribution in [0, 0.1) is 0 Å². The van der Waals surface area contributed by atoms with E-state index in [9.17, 15) is 4.79 Å². The topological polar surface area (TPSA) is 47.6 Å². The molecule has 0 unspecified atom stereocenters. The van der Waals surface area contributed by atoms with E-state index in [1.807, 2.05) is 31.2 Å². The van der Waals surface area contributed by atoms with Crippen LogP contribution in [-0.4, -0.2) is 25.2 Å². The fraction of sp³-hybridized carbons (Fsp3) is 0.211. The molecule has 0 bridgehead atoms. The molecule has 0 radical (unpaired) electrons. The van der Waals surface area contributed by atoms with E-state index in [0.29, 0.717) is 11.3 Å². The lowest BCUT2D eigenvalue weighted by atomic mass is 10.2. The first-order chi connectivity index (χ1) is 11.2. The van der Waals surface area contributed by atoms with Crippen LogP contribution in [0.15, 0.2) is 54.6 Å². The first-order valence-corrected chi connectivity index (χ1v) is 7.67. The molecule has 118 valence electrons. The Hall–Kier alpha value is -2.59. The number of esters is 1. The van der Waals surface area contributed by atoms with Crippen LogP contribution in [-0.2, 0) is 0 Å². The van der Waals surface area contributed by atoms with Crippen molar-refractivity contribution < 1.29 is 14.3 Å². The van der Waals surface area contributed by atoms with Crippen LogP contribution in [0.1, 0.15) is 22.8 Å². The van der Waals surface area contributed by atoms with Gasteiger partial charge in [0.15, 0.2) is 0 Å². The zero-order chi connectivity index (χ0) is 16.1. The predicted octanol–water partition coefficient (Wildman–Crippen LogP) is 3.29. The highest BCUT2D eigenvalue weighted by Gasteiger charge is 2.18. The molecule has 0 amide bonds. The van der Waals surface area contributed by atoms with E-state index >= 15 is 0 Å². The molecule has 1 aliphatic heterocycles. The van der Waals surface area contributed by atoms with Gasteiger partial charge in [-0.25, -0.2) is 4.79 Å². The molecule has 4 heteroatoms. The molecule has 23 heavy (non-hydrogen) atoms. The van der Waals surface area contributed by atoms with Gasteiger partial charge in [-0.15, -0.1) is 0 Å². The van der Waals surface area contributed by atoms with Crippen molar-refractivity contribution in [3.8, 4) is 11.5 Å². The molecular formula is C19H19NO3. The van der Waals surface area contributed by atoms with E-state index in [-0.39, 0.29) is 12.1 Å². The van der Waals surface area contributed by atoms with Crippen LogP contribution in [0.3, 0.4) is 0 Å². The zero-order valence-corrected chi connectivity index (χ0v) is 13.0. The van der Waals surface area contributed by atoms with Crippen molar-refractivity contribution in [3.05, 3.63) is 65.7 Å². The minimum absolute atomic E-state index is 0.225. The van der Waals surface area contributed by atoms with E-state index in [0.717, 1.165) is 24.4 Å². The van der Waals surface area contributed by atoms with Crippen LogP contribution in [0.5, 0.6) is 11.5 Å². The maximum absolute atomic E-state index is 12.1. The third kappa shape index (κ3) is 3.99. The molecule has 3 rings (SSSR count). The lowest BCUT2D eigenvalue weighted by molar-refractivity contribution is 0.0734. The summed E-state index contributed by atoms with van der Waals surface area (Å²) in [5, 5.41) is 3.15. The second-order valence-electron chi connectivity index (χ2n) is 5.38. The van der Waals surface area contributed by atoms with Gasteiger partial charge >= 0.3 is 5.97 Å². The molecule has 1 fully saturated rings. The van der Waals surface area contributed by atoms with Crippen molar-refractivity contribution in [2.75, 3.05) is 13.1 Å². The predicted molar refractivity (Wildman–Crippen MR) is 89.8 cm³/mol. The highest BCUT2D eigenvalue weighted by atomic mass is 16.5. The lowest BCUT2D eigenvalue weighted by Crippen LogP contribution is -2.50. The van der Waals surface area contributed by atoms with Gasteiger partial charge in [0, 0.05) is 13.1 Å². The first kappa shape index (κ1) is 15.3. The number of carbonyl (C=O) groups is 1. The third-order valence-electron chi connectivity index (χ3n) is 3.59. The van der Waals surface area contributed by atoms with E-state index in [1.165, 1.54) is 0 Å². The summed E-state index contributed by atoms with van der Waals surface area (Å²) in [5.41, 5.74) is 1.57. The summed E-state index contributed by atoms with van der Waals surface area (Å²) in [6, 6.07) is 14.4. The number of benzene rings is 2. The standard InChI is InChI=1S/C19H19NO3/c1-2-3-14-4-8-17(9-5-14)23-19(21)15-6-10-16(11-7-15)22-18-12-20-13-18/h2-11,18,20H,12-13H2,1H3/b3-2+. The Balaban J connectivity index is 1.60. The number of hydrogen-bond donors (Lipinski definition) is 1. The number of hydrogen-bond acceptors (Lipinski definition) is 4. The molecule has 4 nitrogen and oxygen atoms in total. The van der Waals surface area contributed by atoms with Crippen LogP contribution in [0.25, 0.3) is 6.08 Å². The number of allylic oxidation sites excluding steroid dienone is 1. The smallest absolute Gasteiger partial charge is 0.343 e. The minimum Gasteiger partial charge on any atom is -0.488 e. The Morgan fingerprint density at radius 2 is 1.70 bits per heavy atom. The second kappa shape index (κ2) is 7.11. The quantitative estimate of drug-likeness (QED) is 0.680. The van der Waals surface area contributed by atoms with Crippen molar-refractivity contribution in [2.45, 2.75) is 13.0 Å². The minimum atomic E-state index is -0.374. The van der Waals surface area contributed by atoms with E-state index in [2.05, 4.69) is 5.32 Å². The fourth-order valence-corrected chi connectivity index (χ4v) is 2.21. The largest absolute Gasteiger partial charge is 0.488 e. The molecule has 1 saturated heterocycles. The Bertz CT molecular complexity index is 686. The number of ether oxygens (including phenoxy) is 2. The molecule has 1 aliphatic rings. The molecule has 1 N–H and O–H groups in total. The van der Waals surface area contributed by atoms with Crippen LogP contribution in [0.2, 0.25) is 0 Å². The Morgan fingerprint density at radius 3 is 2.26 bits per heavy atom. The van der Waals surface area contributed by atoms with Gasteiger partial charge in [0.2, 0.25) is 0 Å². The number of nitrogens with one attached hydrogen (secondary N) is 1. The average molecular weight is 309 g/mol.